The van der Waals surface area contributed by atoms with Gasteiger partial charge in [-0.05, 0) is 36.2 Å². The second kappa shape index (κ2) is 10.6. The third kappa shape index (κ3) is 8.02. The first-order valence-electron chi connectivity index (χ1n) is 6.76. The summed E-state index contributed by atoms with van der Waals surface area (Å²) in [6, 6.07) is 9.31. The zero-order valence-corrected chi connectivity index (χ0v) is 13.7. The van der Waals surface area contributed by atoms with Gasteiger partial charge in [0.1, 0.15) is 6.04 Å². The highest BCUT2D eigenvalue weighted by atomic mass is 32.2. The van der Waals surface area contributed by atoms with Crippen LogP contribution in [0.4, 0.5) is 0 Å². The standard InChI is InChI=1S/C15H21NO3S2/c1-20-9-8-13(15(18)19)16-14(17)11-21-10-7-12-5-3-2-4-6-12/h2-6,13H,7-11H2,1H3,(H,16,17)(H,18,19)/t13-/m0/s1. The van der Waals surface area contributed by atoms with Gasteiger partial charge < -0.3 is 10.4 Å². The fraction of sp³-hybridized carbons (Fsp3) is 0.467. The predicted molar refractivity (Wildman–Crippen MR) is 90.0 cm³/mol. The minimum Gasteiger partial charge on any atom is -0.480 e. The normalized spacial score (nSPS) is 11.9. The van der Waals surface area contributed by atoms with E-state index in [9.17, 15) is 9.59 Å². The number of aliphatic carboxylic acids is 1. The molecular formula is C15H21NO3S2. The molecule has 6 heteroatoms. The summed E-state index contributed by atoms with van der Waals surface area (Å²) in [5.74, 6) is 0.696. The Morgan fingerprint density at radius 2 is 1.95 bits per heavy atom. The Bertz CT molecular complexity index is 440. The van der Waals surface area contributed by atoms with Crippen molar-refractivity contribution in [3.63, 3.8) is 0 Å². The molecule has 1 rings (SSSR count). The molecule has 0 unspecified atom stereocenters. The van der Waals surface area contributed by atoms with Crippen LogP contribution < -0.4 is 5.32 Å². The SMILES string of the molecule is CSCC[C@H](NC(=O)CSCCc1ccccc1)C(=O)O. The molecule has 0 aromatic heterocycles. The smallest absolute Gasteiger partial charge is 0.326 e. The van der Waals surface area contributed by atoms with Crippen molar-refractivity contribution < 1.29 is 14.7 Å². The second-order valence-corrected chi connectivity index (χ2v) is 6.62. The molecular weight excluding hydrogens is 306 g/mol. The van der Waals surface area contributed by atoms with Gasteiger partial charge in [0.2, 0.25) is 5.91 Å². The Morgan fingerprint density at radius 3 is 2.57 bits per heavy atom. The summed E-state index contributed by atoms with van der Waals surface area (Å²) in [5.41, 5.74) is 1.24. The molecule has 0 spiro atoms. The van der Waals surface area contributed by atoms with E-state index in [2.05, 4.69) is 17.4 Å². The van der Waals surface area contributed by atoms with Crippen LogP contribution in [0.3, 0.4) is 0 Å². The fourth-order valence-electron chi connectivity index (χ4n) is 1.73. The van der Waals surface area contributed by atoms with Crippen LogP contribution in [0.15, 0.2) is 30.3 Å². The number of carbonyl (C=O) groups excluding carboxylic acids is 1. The van der Waals surface area contributed by atoms with Gasteiger partial charge in [-0.1, -0.05) is 30.3 Å². The van der Waals surface area contributed by atoms with Gasteiger partial charge >= 0.3 is 5.97 Å². The average molecular weight is 327 g/mol. The summed E-state index contributed by atoms with van der Waals surface area (Å²) in [6.07, 6.45) is 3.28. The van der Waals surface area contributed by atoms with Gasteiger partial charge in [-0.15, -0.1) is 0 Å². The van der Waals surface area contributed by atoms with E-state index in [0.29, 0.717) is 12.2 Å². The number of hydrogen-bond donors (Lipinski definition) is 2. The van der Waals surface area contributed by atoms with Crippen LogP contribution in [0, 0.1) is 0 Å². The molecule has 2 N–H and O–H groups in total. The van der Waals surface area contributed by atoms with Gasteiger partial charge in [-0.2, -0.15) is 23.5 Å². The quantitative estimate of drug-likeness (QED) is 0.646. The molecule has 21 heavy (non-hydrogen) atoms. The lowest BCUT2D eigenvalue weighted by Crippen LogP contribution is -2.42. The van der Waals surface area contributed by atoms with E-state index in [1.807, 2.05) is 24.5 Å². The first-order valence-corrected chi connectivity index (χ1v) is 9.31. The van der Waals surface area contributed by atoms with Crippen LogP contribution in [-0.2, 0) is 16.0 Å². The maximum absolute atomic E-state index is 11.7. The highest BCUT2D eigenvalue weighted by molar-refractivity contribution is 7.99. The maximum atomic E-state index is 11.7. The Kier molecular flexibility index (Phi) is 9.01. The Morgan fingerprint density at radius 1 is 1.24 bits per heavy atom. The van der Waals surface area contributed by atoms with Crippen molar-refractivity contribution in [2.75, 3.05) is 23.5 Å². The van der Waals surface area contributed by atoms with Crippen LogP contribution in [0.1, 0.15) is 12.0 Å². The third-order valence-electron chi connectivity index (χ3n) is 2.86. The van der Waals surface area contributed by atoms with Crippen LogP contribution in [0.5, 0.6) is 0 Å². The van der Waals surface area contributed by atoms with E-state index in [0.717, 1.165) is 17.9 Å². The van der Waals surface area contributed by atoms with Gasteiger partial charge in [0, 0.05) is 0 Å². The topological polar surface area (TPSA) is 66.4 Å². The van der Waals surface area contributed by atoms with Crippen LogP contribution in [0.2, 0.25) is 0 Å². The molecule has 0 radical (unpaired) electrons. The minimum atomic E-state index is -0.966. The van der Waals surface area contributed by atoms with Crippen molar-refractivity contribution in [2.24, 2.45) is 0 Å². The number of amides is 1. The summed E-state index contributed by atoms with van der Waals surface area (Å²) in [4.78, 5) is 22.8. The van der Waals surface area contributed by atoms with Gasteiger partial charge in [0.15, 0.2) is 0 Å². The summed E-state index contributed by atoms with van der Waals surface area (Å²) < 4.78 is 0. The highest BCUT2D eigenvalue weighted by Gasteiger charge is 2.18. The average Bonchev–Trinajstić information content (AvgIpc) is 2.48. The molecule has 1 atom stereocenters. The largest absolute Gasteiger partial charge is 0.480 e. The number of hydrogen-bond acceptors (Lipinski definition) is 4. The molecule has 1 amide bonds. The molecule has 116 valence electrons. The number of carboxylic acid groups (broad SMARTS) is 1. The molecule has 0 aliphatic carbocycles. The third-order valence-corrected chi connectivity index (χ3v) is 4.46. The van der Waals surface area contributed by atoms with E-state index in [4.69, 9.17) is 5.11 Å². The van der Waals surface area contributed by atoms with Crippen molar-refractivity contribution in [1.29, 1.82) is 0 Å². The van der Waals surface area contributed by atoms with E-state index in [1.165, 1.54) is 17.3 Å². The van der Waals surface area contributed by atoms with Crippen LogP contribution >= 0.6 is 23.5 Å². The lowest BCUT2D eigenvalue weighted by molar-refractivity contribution is -0.141. The number of aryl methyl sites for hydroxylation is 1. The van der Waals surface area contributed by atoms with Gasteiger partial charge in [0.25, 0.3) is 0 Å². The van der Waals surface area contributed by atoms with E-state index >= 15 is 0 Å². The van der Waals surface area contributed by atoms with E-state index in [-0.39, 0.29) is 5.91 Å². The maximum Gasteiger partial charge on any atom is 0.326 e. The number of thioether (sulfide) groups is 2. The van der Waals surface area contributed by atoms with Crippen molar-refractivity contribution in [2.45, 2.75) is 18.9 Å². The molecule has 1 aromatic carbocycles. The summed E-state index contributed by atoms with van der Waals surface area (Å²) in [7, 11) is 0. The Hall–Kier alpha value is -1.14. The molecule has 1 aromatic rings. The van der Waals surface area contributed by atoms with E-state index < -0.39 is 12.0 Å². The number of carbonyl (C=O) groups is 2. The van der Waals surface area contributed by atoms with Gasteiger partial charge in [-0.3, -0.25) is 4.79 Å². The van der Waals surface area contributed by atoms with Crippen molar-refractivity contribution >= 4 is 35.4 Å². The Labute approximate surface area is 134 Å². The molecule has 0 heterocycles. The van der Waals surface area contributed by atoms with Gasteiger partial charge in [0.05, 0.1) is 5.75 Å². The lowest BCUT2D eigenvalue weighted by atomic mass is 10.2. The van der Waals surface area contributed by atoms with E-state index in [1.54, 1.807) is 11.8 Å². The fourth-order valence-corrected chi connectivity index (χ4v) is 2.99. The number of rotatable bonds is 10. The van der Waals surface area contributed by atoms with Crippen LogP contribution in [0.25, 0.3) is 0 Å². The molecule has 0 saturated carbocycles. The van der Waals surface area contributed by atoms with Crippen LogP contribution in [-0.4, -0.2) is 46.5 Å². The van der Waals surface area contributed by atoms with Gasteiger partial charge in [-0.25, -0.2) is 4.79 Å². The van der Waals surface area contributed by atoms with Crippen molar-refractivity contribution in [1.82, 2.24) is 5.32 Å². The zero-order valence-electron chi connectivity index (χ0n) is 12.1. The molecule has 0 aliphatic rings. The molecule has 0 fully saturated rings. The number of carboxylic acids is 1. The Balaban J connectivity index is 2.21. The monoisotopic (exact) mass is 327 g/mol. The molecule has 4 nitrogen and oxygen atoms in total. The minimum absolute atomic E-state index is 0.207. The first-order chi connectivity index (χ1) is 10.1. The number of nitrogens with one attached hydrogen (secondary N) is 1. The highest BCUT2D eigenvalue weighted by Crippen LogP contribution is 2.07. The predicted octanol–water partition coefficient (Wildman–Crippen LogP) is 2.28. The molecule has 0 aliphatic heterocycles. The van der Waals surface area contributed by atoms with Crippen molar-refractivity contribution in [3.05, 3.63) is 35.9 Å². The van der Waals surface area contributed by atoms with Crippen molar-refractivity contribution in [3.8, 4) is 0 Å². The first kappa shape index (κ1) is 17.9. The molecule has 0 saturated heterocycles. The second-order valence-electron chi connectivity index (χ2n) is 4.53. The zero-order chi connectivity index (χ0) is 15.5. The lowest BCUT2D eigenvalue weighted by Gasteiger charge is -2.13. The summed E-state index contributed by atoms with van der Waals surface area (Å²) in [5, 5.41) is 11.6. The summed E-state index contributed by atoms with van der Waals surface area (Å²) in [6.45, 7) is 0. The molecule has 0 bridgehead atoms. The number of benzene rings is 1. The summed E-state index contributed by atoms with van der Waals surface area (Å²) >= 11 is 3.10.